The van der Waals surface area contributed by atoms with Gasteiger partial charge in [-0.3, -0.25) is 4.79 Å². The summed E-state index contributed by atoms with van der Waals surface area (Å²) in [4.78, 5) is 48.0. The molecule has 0 unspecified atom stereocenters. The minimum absolute atomic E-state index is 0.00775. The molecule has 3 amide bonds. The SMILES string of the molecule is COC(=O)[C@H](CCSC)NC(=O)[C@H](Cc1ccccc1)NC(=O)N(CCCl)N=O. The number of hydrogen-bond donors (Lipinski definition) is 2. The number of urea groups is 1. The van der Waals surface area contributed by atoms with Gasteiger partial charge in [-0.15, -0.1) is 16.5 Å². The molecule has 2 N–H and O–H groups in total. The third kappa shape index (κ3) is 8.70. The number of thioether (sulfide) groups is 1. The van der Waals surface area contributed by atoms with Crippen LogP contribution >= 0.6 is 23.4 Å². The van der Waals surface area contributed by atoms with Gasteiger partial charge in [0.2, 0.25) is 5.91 Å². The van der Waals surface area contributed by atoms with E-state index < -0.39 is 30.0 Å². The molecule has 0 aromatic heterocycles. The highest BCUT2D eigenvalue weighted by atomic mass is 35.5. The highest BCUT2D eigenvalue weighted by molar-refractivity contribution is 7.98. The van der Waals surface area contributed by atoms with Crippen molar-refractivity contribution in [2.24, 2.45) is 5.29 Å². The normalized spacial score (nSPS) is 12.4. The van der Waals surface area contributed by atoms with Crippen LogP contribution in [0, 0.1) is 4.91 Å². The van der Waals surface area contributed by atoms with Gasteiger partial charge in [-0.25, -0.2) is 9.59 Å². The smallest absolute Gasteiger partial charge is 0.341 e. The molecule has 0 aliphatic carbocycles. The molecule has 29 heavy (non-hydrogen) atoms. The van der Waals surface area contributed by atoms with Crippen molar-refractivity contribution >= 4 is 41.3 Å². The Morgan fingerprint density at radius 1 is 1.21 bits per heavy atom. The van der Waals surface area contributed by atoms with E-state index in [-0.39, 0.29) is 18.8 Å². The van der Waals surface area contributed by atoms with E-state index in [1.54, 1.807) is 24.3 Å². The monoisotopic (exact) mass is 444 g/mol. The largest absolute Gasteiger partial charge is 0.467 e. The quantitative estimate of drug-likeness (QED) is 0.220. The first-order valence-electron chi connectivity index (χ1n) is 8.85. The van der Waals surface area contributed by atoms with Crippen LogP contribution in [0.25, 0.3) is 0 Å². The number of nitrogens with zero attached hydrogens (tertiary/aromatic N) is 2. The number of nitroso groups, excluding NO2 is 1. The summed E-state index contributed by atoms with van der Waals surface area (Å²) >= 11 is 7.09. The van der Waals surface area contributed by atoms with E-state index in [9.17, 15) is 19.3 Å². The average molecular weight is 445 g/mol. The lowest BCUT2D eigenvalue weighted by atomic mass is 10.0. The molecular formula is C18H25ClN4O5S. The van der Waals surface area contributed by atoms with Crippen LogP contribution in [0.4, 0.5) is 4.79 Å². The summed E-state index contributed by atoms with van der Waals surface area (Å²) in [5.41, 5.74) is 0.787. The standard InChI is InChI=1S/C18H25ClN4O5S/c1-28-17(25)14(8-11-29-2)20-16(24)15(12-13-6-4-3-5-7-13)21-18(26)23(22-27)10-9-19/h3-7,14-15H,8-12H2,1-2H3,(H,20,24)(H,21,26)/t14-,15-/m0/s1. The first kappa shape index (κ1) is 24.7. The summed E-state index contributed by atoms with van der Waals surface area (Å²) in [5, 5.41) is 8.33. The Morgan fingerprint density at radius 3 is 2.45 bits per heavy atom. The molecule has 0 aliphatic rings. The van der Waals surface area contributed by atoms with E-state index in [0.29, 0.717) is 17.2 Å². The van der Waals surface area contributed by atoms with Crippen molar-refractivity contribution in [3.63, 3.8) is 0 Å². The third-order valence-corrected chi connectivity index (χ3v) is 4.75. The topological polar surface area (TPSA) is 117 Å². The minimum atomic E-state index is -1.04. The van der Waals surface area contributed by atoms with Crippen molar-refractivity contribution in [2.75, 3.05) is 31.5 Å². The van der Waals surface area contributed by atoms with Crippen molar-refractivity contribution < 1.29 is 19.1 Å². The fourth-order valence-electron chi connectivity index (χ4n) is 2.44. The molecule has 0 saturated heterocycles. The van der Waals surface area contributed by atoms with Gasteiger partial charge in [-0.1, -0.05) is 30.3 Å². The van der Waals surface area contributed by atoms with Crippen LogP contribution in [0.2, 0.25) is 0 Å². The molecule has 0 fully saturated rings. The van der Waals surface area contributed by atoms with E-state index in [0.717, 1.165) is 5.56 Å². The van der Waals surface area contributed by atoms with Crippen LogP contribution in [-0.2, 0) is 20.7 Å². The lowest BCUT2D eigenvalue weighted by Gasteiger charge is -2.23. The fraction of sp³-hybridized carbons (Fsp3) is 0.500. The molecule has 0 heterocycles. The number of rotatable bonds is 12. The number of methoxy groups -OCH3 is 1. The number of benzene rings is 1. The van der Waals surface area contributed by atoms with Crippen LogP contribution < -0.4 is 10.6 Å². The van der Waals surface area contributed by atoms with Crippen molar-refractivity contribution in [2.45, 2.75) is 24.9 Å². The average Bonchev–Trinajstić information content (AvgIpc) is 2.74. The molecule has 0 radical (unpaired) electrons. The maximum absolute atomic E-state index is 12.9. The van der Waals surface area contributed by atoms with Crippen LogP contribution in [0.5, 0.6) is 0 Å². The second kappa shape index (κ2) is 13.8. The fourth-order valence-corrected chi connectivity index (χ4v) is 3.07. The maximum atomic E-state index is 12.9. The van der Waals surface area contributed by atoms with Crippen molar-refractivity contribution in [1.29, 1.82) is 0 Å². The van der Waals surface area contributed by atoms with Crippen molar-refractivity contribution in [1.82, 2.24) is 15.6 Å². The van der Waals surface area contributed by atoms with E-state index in [4.69, 9.17) is 16.3 Å². The summed E-state index contributed by atoms with van der Waals surface area (Å²) in [6.45, 7) is -0.102. The van der Waals surface area contributed by atoms with Gasteiger partial charge in [-0.2, -0.15) is 16.8 Å². The molecule has 2 atom stereocenters. The first-order chi connectivity index (χ1) is 14.0. The molecule has 160 valence electrons. The summed E-state index contributed by atoms with van der Waals surface area (Å²) in [6, 6.07) is 6.28. The number of carbonyl (C=O) groups is 3. The number of hydrogen-bond acceptors (Lipinski definition) is 7. The summed E-state index contributed by atoms with van der Waals surface area (Å²) < 4.78 is 4.75. The maximum Gasteiger partial charge on any atom is 0.341 e. The van der Waals surface area contributed by atoms with E-state index in [2.05, 4.69) is 15.9 Å². The molecule has 0 saturated carbocycles. The molecule has 1 aromatic rings. The van der Waals surface area contributed by atoms with Gasteiger partial charge in [0, 0.05) is 12.3 Å². The zero-order valence-electron chi connectivity index (χ0n) is 16.3. The Balaban J connectivity index is 2.98. The predicted octanol–water partition coefficient (Wildman–Crippen LogP) is 1.94. The Labute approximate surface area is 178 Å². The number of nitrogens with one attached hydrogen (secondary N) is 2. The van der Waals surface area contributed by atoms with Crippen LogP contribution in [0.15, 0.2) is 35.6 Å². The summed E-state index contributed by atoms with van der Waals surface area (Å²) in [6.07, 6.45) is 2.41. The van der Waals surface area contributed by atoms with Crippen LogP contribution in [0.3, 0.4) is 0 Å². The van der Waals surface area contributed by atoms with Gasteiger partial charge in [-0.05, 0) is 24.0 Å². The van der Waals surface area contributed by atoms with E-state index >= 15 is 0 Å². The molecule has 1 rings (SSSR count). The predicted molar refractivity (Wildman–Crippen MR) is 113 cm³/mol. The first-order valence-corrected chi connectivity index (χ1v) is 10.8. The second-order valence-corrected chi connectivity index (χ2v) is 7.31. The van der Waals surface area contributed by atoms with Gasteiger partial charge in [0.15, 0.2) is 0 Å². The van der Waals surface area contributed by atoms with Gasteiger partial charge in [0.25, 0.3) is 0 Å². The van der Waals surface area contributed by atoms with Gasteiger partial charge in [0.05, 0.1) is 18.9 Å². The van der Waals surface area contributed by atoms with E-state index in [1.807, 2.05) is 12.3 Å². The molecule has 0 spiro atoms. The van der Waals surface area contributed by atoms with E-state index in [1.165, 1.54) is 18.9 Å². The van der Waals surface area contributed by atoms with Crippen molar-refractivity contribution in [3.8, 4) is 0 Å². The third-order valence-electron chi connectivity index (χ3n) is 3.94. The van der Waals surface area contributed by atoms with Gasteiger partial charge < -0.3 is 15.4 Å². The van der Waals surface area contributed by atoms with Crippen molar-refractivity contribution in [3.05, 3.63) is 40.8 Å². The molecule has 0 aliphatic heterocycles. The minimum Gasteiger partial charge on any atom is -0.467 e. The highest BCUT2D eigenvalue weighted by Crippen LogP contribution is 2.07. The molecule has 11 heteroatoms. The second-order valence-electron chi connectivity index (χ2n) is 5.95. The Kier molecular flexibility index (Phi) is 11.7. The number of alkyl halides is 1. The van der Waals surface area contributed by atoms with Crippen LogP contribution in [-0.4, -0.2) is 66.5 Å². The molecular weight excluding hydrogens is 420 g/mol. The van der Waals surface area contributed by atoms with Crippen LogP contribution in [0.1, 0.15) is 12.0 Å². The number of halogens is 1. The molecule has 0 bridgehead atoms. The zero-order valence-corrected chi connectivity index (χ0v) is 17.9. The summed E-state index contributed by atoms with van der Waals surface area (Å²) in [5.74, 6) is -0.506. The molecule has 1 aromatic carbocycles. The Hall–Kier alpha value is -2.33. The summed E-state index contributed by atoms with van der Waals surface area (Å²) in [7, 11) is 1.24. The lowest BCUT2D eigenvalue weighted by Crippen LogP contribution is -2.54. The zero-order chi connectivity index (χ0) is 21.6. The number of esters is 1. The molecule has 9 nitrogen and oxygen atoms in total. The highest BCUT2D eigenvalue weighted by Gasteiger charge is 2.28. The van der Waals surface area contributed by atoms with Gasteiger partial charge >= 0.3 is 12.0 Å². The number of carbonyl (C=O) groups excluding carboxylic acids is 3. The van der Waals surface area contributed by atoms with Gasteiger partial charge in [0.1, 0.15) is 12.1 Å². The number of ether oxygens (including phenoxy) is 1. The Morgan fingerprint density at radius 2 is 1.90 bits per heavy atom. The lowest BCUT2D eigenvalue weighted by molar-refractivity contribution is -0.145. The Bertz CT molecular complexity index is 679. The number of amides is 3.